The van der Waals surface area contributed by atoms with Crippen LogP contribution in [0.1, 0.15) is 29.5 Å². The van der Waals surface area contributed by atoms with E-state index in [1.54, 1.807) is 27.7 Å². The Bertz CT molecular complexity index is 1350. The molecule has 0 saturated carbocycles. The predicted octanol–water partition coefficient (Wildman–Crippen LogP) is 4.64. The van der Waals surface area contributed by atoms with Gasteiger partial charge in [-0.3, -0.25) is 0 Å². The van der Waals surface area contributed by atoms with E-state index in [0.717, 1.165) is 47.6 Å². The third-order valence-electron chi connectivity index (χ3n) is 6.64. The molecule has 5 rings (SSSR count). The van der Waals surface area contributed by atoms with Crippen molar-refractivity contribution < 1.29 is 18.9 Å². The molecule has 1 aliphatic rings. The van der Waals surface area contributed by atoms with Crippen LogP contribution in [0.3, 0.4) is 0 Å². The first-order chi connectivity index (χ1) is 18.0. The zero-order valence-electron chi connectivity index (χ0n) is 22.0. The van der Waals surface area contributed by atoms with Gasteiger partial charge >= 0.3 is 0 Å². The maximum absolute atomic E-state index is 6.01. The maximum atomic E-state index is 6.01. The first-order valence-electron chi connectivity index (χ1n) is 12.4. The minimum atomic E-state index is 0.126. The zero-order valence-corrected chi connectivity index (χ0v) is 22.0. The standard InChI is InChI=1S/C28H33N5O4/c1-18-9-19(2)11-21(10-18)33-28-23(14-31-33)27(29-17-30-28)32(16-22-7-6-8-37-22)15-20-12-24(34-3)26(36-5)25(13-20)35-4/h9-14,17,22H,6-8,15-16H2,1-5H3/t22-/m1/s1. The summed E-state index contributed by atoms with van der Waals surface area (Å²) in [5.74, 6) is 2.61. The summed E-state index contributed by atoms with van der Waals surface area (Å²) in [6.07, 6.45) is 5.66. The van der Waals surface area contributed by atoms with Gasteiger partial charge in [0.15, 0.2) is 17.1 Å². The molecule has 37 heavy (non-hydrogen) atoms. The van der Waals surface area contributed by atoms with E-state index in [0.29, 0.717) is 30.3 Å². The molecule has 2 aromatic carbocycles. The van der Waals surface area contributed by atoms with Crippen LogP contribution in [0.15, 0.2) is 42.9 Å². The topological polar surface area (TPSA) is 83.8 Å². The number of methoxy groups -OCH3 is 3. The van der Waals surface area contributed by atoms with Crippen molar-refractivity contribution in [3.8, 4) is 22.9 Å². The van der Waals surface area contributed by atoms with Crippen molar-refractivity contribution in [2.24, 2.45) is 0 Å². The number of nitrogens with zero attached hydrogens (tertiary/aromatic N) is 5. The first-order valence-corrected chi connectivity index (χ1v) is 12.4. The lowest BCUT2D eigenvalue weighted by molar-refractivity contribution is 0.115. The lowest BCUT2D eigenvalue weighted by Gasteiger charge is -2.27. The van der Waals surface area contributed by atoms with E-state index in [2.05, 4.69) is 41.9 Å². The van der Waals surface area contributed by atoms with Crippen molar-refractivity contribution in [1.29, 1.82) is 0 Å². The molecule has 9 nitrogen and oxygen atoms in total. The van der Waals surface area contributed by atoms with Crippen LogP contribution in [0, 0.1) is 13.8 Å². The van der Waals surface area contributed by atoms with Crippen LogP contribution in [0.5, 0.6) is 17.2 Å². The average molecular weight is 504 g/mol. The van der Waals surface area contributed by atoms with Crippen molar-refractivity contribution >= 4 is 16.9 Å². The van der Waals surface area contributed by atoms with E-state index < -0.39 is 0 Å². The van der Waals surface area contributed by atoms with Crippen LogP contribution in [0.25, 0.3) is 16.7 Å². The Labute approximate surface area is 216 Å². The summed E-state index contributed by atoms with van der Waals surface area (Å²) in [7, 11) is 4.86. The molecule has 1 fully saturated rings. The Morgan fingerprint density at radius 1 is 0.973 bits per heavy atom. The number of hydrogen-bond donors (Lipinski definition) is 0. The molecule has 0 amide bonds. The van der Waals surface area contributed by atoms with E-state index in [4.69, 9.17) is 29.0 Å². The predicted molar refractivity (Wildman–Crippen MR) is 142 cm³/mol. The molecule has 1 saturated heterocycles. The third-order valence-corrected chi connectivity index (χ3v) is 6.64. The number of anilines is 1. The van der Waals surface area contributed by atoms with Gasteiger partial charge in [0.25, 0.3) is 0 Å². The Morgan fingerprint density at radius 2 is 1.70 bits per heavy atom. The molecule has 0 N–H and O–H groups in total. The number of aryl methyl sites for hydroxylation is 2. The molecule has 194 valence electrons. The lowest BCUT2D eigenvalue weighted by atomic mass is 10.1. The molecular formula is C28H33N5O4. The Kier molecular flexibility index (Phi) is 7.14. The van der Waals surface area contributed by atoms with Crippen LogP contribution in [-0.2, 0) is 11.3 Å². The third kappa shape index (κ3) is 5.04. The highest BCUT2D eigenvalue weighted by Gasteiger charge is 2.24. The van der Waals surface area contributed by atoms with E-state index in [1.165, 1.54) is 11.1 Å². The smallest absolute Gasteiger partial charge is 0.203 e. The van der Waals surface area contributed by atoms with Crippen molar-refractivity contribution in [2.45, 2.75) is 39.3 Å². The molecule has 1 atom stereocenters. The average Bonchev–Trinajstić information content (AvgIpc) is 3.57. The van der Waals surface area contributed by atoms with Gasteiger partial charge in [-0.15, -0.1) is 0 Å². The summed E-state index contributed by atoms with van der Waals surface area (Å²) in [6, 6.07) is 10.3. The van der Waals surface area contributed by atoms with Crippen LogP contribution in [-0.4, -0.2) is 60.3 Å². The summed E-state index contributed by atoms with van der Waals surface area (Å²) in [5.41, 5.74) is 5.09. The molecule has 1 aliphatic heterocycles. The Morgan fingerprint density at radius 3 is 2.32 bits per heavy atom. The molecular weight excluding hydrogens is 470 g/mol. The zero-order chi connectivity index (χ0) is 25.9. The van der Waals surface area contributed by atoms with Crippen molar-refractivity contribution in [1.82, 2.24) is 19.7 Å². The number of fused-ring (bicyclic) bond motifs is 1. The quantitative estimate of drug-likeness (QED) is 0.327. The summed E-state index contributed by atoms with van der Waals surface area (Å²) < 4.78 is 24.6. The Hall–Kier alpha value is -3.85. The van der Waals surface area contributed by atoms with Crippen LogP contribution in [0.4, 0.5) is 5.82 Å². The molecule has 0 spiro atoms. The van der Waals surface area contributed by atoms with Crippen molar-refractivity contribution in [3.63, 3.8) is 0 Å². The summed E-state index contributed by atoms with van der Waals surface area (Å²) in [5, 5.41) is 5.59. The van der Waals surface area contributed by atoms with Crippen LogP contribution >= 0.6 is 0 Å². The van der Waals surface area contributed by atoms with Crippen LogP contribution < -0.4 is 19.1 Å². The largest absolute Gasteiger partial charge is 0.493 e. The van der Waals surface area contributed by atoms with E-state index >= 15 is 0 Å². The fourth-order valence-electron chi connectivity index (χ4n) is 5.05. The number of hydrogen-bond acceptors (Lipinski definition) is 8. The summed E-state index contributed by atoms with van der Waals surface area (Å²) in [4.78, 5) is 11.6. The minimum absolute atomic E-state index is 0.126. The molecule has 9 heteroatoms. The number of benzene rings is 2. The van der Waals surface area contributed by atoms with Gasteiger partial charge in [-0.25, -0.2) is 14.6 Å². The first kappa shape index (κ1) is 24.8. The van der Waals surface area contributed by atoms with Gasteiger partial charge in [-0.05, 0) is 67.6 Å². The SMILES string of the molecule is COc1cc(CN(C[C@H]2CCCO2)c2ncnc3c2cnn3-c2cc(C)cc(C)c2)cc(OC)c1OC. The van der Waals surface area contributed by atoms with Crippen molar-refractivity contribution in [2.75, 3.05) is 39.4 Å². The second-order valence-electron chi connectivity index (χ2n) is 9.39. The highest BCUT2D eigenvalue weighted by atomic mass is 16.5. The van der Waals surface area contributed by atoms with Gasteiger partial charge in [0.05, 0.1) is 44.7 Å². The normalized spacial score (nSPS) is 15.2. The second kappa shape index (κ2) is 10.6. The number of rotatable bonds is 9. The fraction of sp³-hybridized carbons (Fsp3) is 0.393. The molecule has 0 aliphatic carbocycles. The minimum Gasteiger partial charge on any atom is -0.493 e. The maximum Gasteiger partial charge on any atom is 0.203 e. The fourth-order valence-corrected chi connectivity index (χ4v) is 5.05. The summed E-state index contributed by atoms with van der Waals surface area (Å²) in [6.45, 7) is 6.22. The number of ether oxygens (including phenoxy) is 4. The van der Waals surface area contributed by atoms with Crippen molar-refractivity contribution in [3.05, 3.63) is 59.5 Å². The molecule has 3 heterocycles. The highest BCUT2D eigenvalue weighted by molar-refractivity contribution is 5.87. The van der Waals surface area contributed by atoms with E-state index in [-0.39, 0.29) is 6.10 Å². The van der Waals surface area contributed by atoms with E-state index in [1.807, 2.05) is 23.0 Å². The highest BCUT2D eigenvalue weighted by Crippen LogP contribution is 2.39. The van der Waals surface area contributed by atoms with Gasteiger partial charge in [-0.2, -0.15) is 5.10 Å². The molecule has 2 aromatic heterocycles. The molecule has 0 radical (unpaired) electrons. The molecule has 0 bridgehead atoms. The number of aromatic nitrogens is 4. The van der Waals surface area contributed by atoms with Gasteiger partial charge in [-0.1, -0.05) is 6.07 Å². The van der Waals surface area contributed by atoms with Gasteiger partial charge < -0.3 is 23.8 Å². The van der Waals surface area contributed by atoms with Gasteiger partial charge in [0.1, 0.15) is 12.1 Å². The second-order valence-corrected chi connectivity index (χ2v) is 9.39. The Balaban J connectivity index is 1.57. The molecule has 4 aromatic rings. The summed E-state index contributed by atoms with van der Waals surface area (Å²) >= 11 is 0. The van der Waals surface area contributed by atoms with Gasteiger partial charge in [0, 0.05) is 19.7 Å². The van der Waals surface area contributed by atoms with E-state index in [9.17, 15) is 0 Å². The monoisotopic (exact) mass is 503 g/mol. The van der Waals surface area contributed by atoms with Crippen LogP contribution in [0.2, 0.25) is 0 Å². The molecule has 0 unspecified atom stereocenters. The van der Waals surface area contributed by atoms with Gasteiger partial charge in [0.2, 0.25) is 5.75 Å². The lowest BCUT2D eigenvalue weighted by Crippen LogP contribution is -2.32.